The van der Waals surface area contributed by atoms with Gasteiger partial charge in [-0.05, 0) is 124 Å². The standard InChI is InChI=1S/C48H70N2O7/c1-30(2)33-18-23-48(37(52)29-50(39(53)27-49-31(3)51)28-32-14-12-11-13-15-32)25-24-46(9)34(41(33)48)16-17-36-45(8)21-20-38(57-40(54)26-43(4,5)42(55)56)44(6,7)35(45)19-22-47(36,46)10/h11-15,30,34-36,38H,16-29H2,1-10H3,(H,49,51)(H,55,56)/t34-,35+,36-,38+,45+,46-,47-,48-/m1/s1. The Kier molecular flexibility index (Phi) is 11.5. The zero-order valence-corrected chi connectivity index (χ0v) is 36.5. The van der Waals surface area contributed by atoms with E-state index in [0.29, 0.717) is 24.3 Å². The number of ketones is 1. The van der Waals surface area contributed by atoms with Crippen molar-refractivity contribution < 1.29 is 33.8 Å². The van der Waals surface area contributed by atoms with Crippen molar-refractivity contribution in [2.45, 2.75) is 153 Å². The third kappa shape index (κ3) is 7.30. The summed E-state index contributed by atoms with van der Waals surface area (Å²) in [7, 11) is 0. The summed E-state index contributed by atoms with van der Waals surface area (Å²) in [5, 5.41) is 12.3. The molecule has 4 saturated carbocycles. The molecule has 5 aliphatic rings. The molecule has 0 spiro atoms. The second-order valence-electron chi connectivity index (χ2n) is 21.1. The van der Waals surface area contributed by atoms with Gasteiger partial charge < -0.3 is 20.1 Å². The summed E-state index contributed by atoms with van der Waals surface area (Å²) in [5.41, 5.74) is 1.88. The largest absolute Gasteiger partial charge is 0.481 e. The molecule has 0 aromatic heterocycles. The number of rotatable bonds is 12. The minimum atomic E-state index is -1.18. The Bertz CT molecular complexity index is 1800. The van der Waals surface area contributed by atoms with Crippen LogP contribution in [-0.4, -0.2) is 58.7 Å². The number of benzene rings is 1. The van der Waals surface area contributed by atoms with Crippen LogP contribution in [-0.2, 0) is 35.3 Å². The van der Waals surface area contributed by atoms with E-state index in [1.807, 2.05) is 30.3 Å². The molecule has 0 saturated heterocycles. The van der Waals surface area contributed by atoms with Gasteiger partial charge in [0, 0.05) is 18.9 Å². The molecule has 2 amide bonds. The highest BCUT2D eigenvalue weighted by molar-refractivity contribution is 5.94. The molecule has 9 heteroatoms. The number of carbonyl (C=O) groups is 5. The predicted molar refractivity (Wildman–Crippen MR) is 221 cm³/mol. The van der Waals surface area contributed by atoms with Gasteiger partial charge in [-0.2, -0.15) is 0 Å². The van der Waals surface area contributed by atoms with Crippen molar-refractivity contribution in [2.24, 2.45) is 56.2 Å². The molecule has 9 nitrogen and oxygen atoms in total. The summed E-state index contributed by atoms with van der Waals surface area (Å²) < 4.78 is 6.18. The summed E-state index contributed by atoms with van der Waals surface area (Å²) in [6, 6.07) is 9.78. The first-order chi connectivity index (χ1) is 26.5. The number of esters is 1. The van der Waals surface area contributed by atoms with Crippen LogP contribution in [0, 0.1) is 56.2 Å². The number of carboxylic acid groups (broad SMARTS) is 1. The Morgan fingerprint density at radius 3 is 2.19 bits per heavy atom. The molecule has 8 atom stereocenters. The topological polar surface area (TPSA) is 130 Å². The second-order valence-corrected chi connectivity index (χ2v) is 21.1. The molecule has 1 aromatic rings. The fourth-order valence-electron chi connectivity index (χ4n) is 13.6. The monoisotopic (exact) mass is 787 g/mol. The molecule has 0 heterocycles. The minimum absolute atomic E-state index is 0.00564. The highest BCUT2D eigenvalue weighted by atomic mass is 16.5. The van der Waals surface area contributed by atoms with Crippen molar-refractivity contribution in [3.63, 3.8) is 0 Å². The maximum absolute atomic E-state index is 15.1. The van der Waals surface area contributed by atoms with Gasteiger partial charge in [-0.15, -0.1) is 0 Å². The number of allylic oxidation sites excluding steroid dienone is 2. The van der Waals surface area contributed by atoms with E-state index in [-0.39, 0.29) is 70.8 Å². The van der Waals surface area contributed by atoms with Crippen LogP contribution in [0.25, 0.3) is 0 Å². The fraction of sp³-hybridized carbons (Fsp3) is 0.729. The minimum Gasteiger partial charge on any atom is -0.481 e. The number of amides is 2. The summed E-state index contributed by atoms with van der Waals surface area (Å²) in [5.74, 6) is -0.345. The number of carboxylic acids is 1. The lowest BCUT2D eigenvalue weighted by atomic mass is 9.33. The molecule has 4 fully saturated rings. The van der Waals surface area contributed by atoms with Crippen molar-refractivity contribution in [1.82, 2.24) is 10.2 Å². The lowest BCUT2D eigenvalue weighted by molar-refractivity contribution is -0.233. The molecule has 0 radical (unpaired) electrons. The smallest absolute Gasteiger partial charge is 0.309 e. The van der Waals surface area contributed by atoms with Crippen LogP contribution in [0.1, 0.15) is 145 Å². The molecule has 2 N–H and O–H groups in total. The maximum Gasteiger partial charge on any atom is 0.309 e. The van der Waals surface area contributed by atoms with E-state index >= 15 is 4.79 Å². The van der Waals surface area contributed by atoms with Crippen molar-refractivity contribution in [1.29, 1.82) is 0 Å². The normalized spacial score (nSPS) is 34.3. The zero-order chi connectivity index (χ0) is 41.9. The average Bonchev–Trinajstić information content (AvgIpc) is 3.53. The van der Waals surface area contributed by atoms with Gasteiger partial charge in [-0.25, -0.2) is 0 Å². The Hall–Kier alpha value is -3.49. The van der Waals surface area contributed by atoms with Gasteiger partial charge >= 0.3 is 11.9 Å². The fourth-order valence-corrected chi connectivity index (χ4v) is 13.6. The van der Waals surface area contributed by atoms with Crippen LogP contribution in [0.2, 0.25) is 0 Å². The molecular weight excluding hydrogens is 717 g/mol. The Morgan fingerprint density at radius 2 is 1.56 bits per heavy atom. The maximum atomic E-state index is 15.1. The van der Waals surface area contributed by atoms with Crippen molar-refractivity contribution in [2.75, 3.05) is 13.1 Å². The predicted octanol–water partition coefficient (Wildman–Crippen LogP) is 8.93. The van der Waals surface area contributed by atoms with E-state index in [0.717, 1.165) is 69.8 Å². The van der Waals surface area contributed by atoms with E-state index in [9.17, 15) is 24.3 Å². The van der Waals surface area contributed by atoms with Gasteiger partial charge in [-0.3, -0.25) is 24.0 Å². The number of nitrogens with zero attached hydrogens (tertiary/aromatic N) is 1. The number of hydrogen-bond donors (Lipinski definition) is 2. The first-order valence-electron chi connectivity index (χ1n) is 21.8. The van der Waals surface area contributed by atoms with Gasteiger partial charge in [-0.1, -0.05) is 89.9 Å². The van der Waals surface area contributed by atoms with Crippen molar-refractivity contribution in [3.8, 4) is 0 Å². The Labute approximate surface area is 341 Å². The number of aliphatic carboxylic acids is 1. The van der Waals surface area contributed by atoms with E-state index in [1.165, 1.54) is 18.1 Å². The number of fused-ring (bicyclic) bond motifs is 7. The molecule has 0 bridgehead atoms. The molecule has 0 unspecified atom stereocenters. The van der Waals surface area contributed by atoms with Crippen LogP contribution >= 0.6 is 0 Å². The van der Waals surface area contributed by atoms with E-state index in [1.54, 1.807) is 18.7 Å². The Morgan fingerprint density at radius 1 is 0.877 bits per heavy atom. The zero-order valence-electron chi connectivity index (χ0n) is 36.5. The molecule has 0 aliphatic heterocycles. The third-order valence-electron chi connectivity index (χ3n) is 17.0. The third-order valence-corrected chi connectivity index (χ3v) is 17.0. The highest BCUT2D eigenvalue weighted by Crippen LogP contribution is 2.77. The molecular formula is C48H70N2O7. The van der Waals surface area contributed by atoms with Crippen LogP contribution in [0.15, 0.2) is 41.5 Å². The number of carbonyl (C=O) groups excluding carboxylic acids is 4. The molecule has 5 aliphatic carbocycles. The first-order valence-corrected chi connectivity index (χ1v) is 21.8. The second kappa shape index (κ2) is 15.3. The van der Waals surface area contributed by atoms with Gasteiger partial charge in [0.1, 0.15) is 6.10 Å². The molecule has 314 valence electrons. The van der Waals surface area contributed by atoms with Crippen LogP contribution < -0.4 is 5.32 Å². The summed E-state index contributed by atoms with van der Waals surface area (Å²) in [4.78, 5) is 67.1. The van der Waals surface area contributed by atoms with E-state index in [2.05, 4.69) is 53.8 Å². The number of ether oxygens (including phenoxy) is 1. The van der Waals surface area contributed by atoms with Crippen LogP contribution in [0.4, 0.5) is 0 Å². The quantitative estimate of drug-likeness (QED) is 0.160. The van der Waals surface area contributed by atoms with Gasteiger partial charge in [0.25, 0.3) is 0 Å². The number of nitrogens with one attached hydrogen (secondary N) is 1. The SMILES string of the molecule is CC(=O)NCC(=O)N(CC(=O)[C@]12CCC(C(C)C)=C1[C@H]1CC[C@@H]3[C@@]4(C)CC[C@H](OC(=O)CC(C)(C)C(=O)O)C(C)(C)[C@@H]4CC[C@@]3(C)[C@]1(C)CC2)Cc1ccccc1. The van der Waals surface area contributed by atoms with Crippen molar-refractivity contribution in [3.05, 3.63) is 47.0 Å². The van der Waals surface area contributed by atoms with Gasteiger partial charge in [0.15, 0.2) is 5.78 Å². The summed E-state index contributed by atoms with van der Waals surface area (Å²) in [6.45, 7) is 21.5. The summed E-state index contributed by atoms with van der Waals surface area (Å²) >= 11 is 0. The molecule has 1 aromatic carbocycles. The van der Waals surface area contributed by atoms with Gasteiger partial charge in [0.05, 0.1) is 30.3 Å². The first kappa shape index (κ1) is 43.1. The summed E-state index contributed by atoms with van der Waals surface area (Å²) in [6.07, 6.45) is 9.07. The lowest BCUT2D eigenvalue weighted by Crippen LogP contribution is -2.66. The van der Waals surface area contributed by atoms with E-state index in [4.69, 9.17) is 4.74 Å². The highest BCUT2D eigenvalue weighted by Gasteiger charge is 2.70. The van der Waals surface area contributed by atoms with Gasteiger partial charge in [0.2, 0.25) is 11.8 Å². The van der Waals surface area contributed by atoms with Crippen LogP contribution in [0.3, 0.4) is 0 Å². The number of hydrogen-bond acceptors (Lipinski definition) is 6. The van der Waals surface area contributed by atoms with Crippen LogP contribution in [0.5, 0.6) is 0 Å². The average molecular weight is 787 g/mol. The molecule has 57 heavy (non-hydrogen) atoms. The van der Waals surface area contributed by atoms with E-state index < -0.39 is 22.8 Å². The molecule has 6 rings (SSSR count). The Balaban J connectivity index is 1.28. The lowest BCUT2D eigenvalue weighted by Gasteiger charge is -2.72. The number of Topliss-reactive ketones (excluding diaryl/α,β-unsaturated/α-hetero) is 1. The van der Waals surface area contributed by atoms with Crippen molar-refractivity contribution >= 4 is 29.5 Å².